The number of halogens is 3. The Hall–Kier alpha value is -3.51. The van der Waals surface area contributed by atoms with Gasteiger partial charge >= 0.3 is 0 Å². The van der Waals surface area contributed by atoms with E-state index in [1.165, 1.54) is 30.3 Å². The first-order valence-corrected chi connectivity index (χ1v) is 9.06. The Morgan fingerprint density at radius 2 is 1.83 bits per heavy atom. The molecule has 0 spiro atoms. The molecular weight excluding hydrogens is 394 g/mol. The van der Waals surface area contributed by atoms with Crippen LogP contribution in [0.3, 0.4) is 0 Å². The molecule has 0 radical (unpaired) electrons. The van der Waals surface area contributed by atoms with E-state index >= 15 is 0 Å². The molecule has 144 valence electrons. The Bertz CT molecular complexity index is 1260. The van der Waals surface area contributed by atoms with Gasteiger partial charge < -0.3 is 16.1 Å². The zero-order chi connectivity index (χ0) is 20.5. The summed E-state index contributed by atoms with van der Waals surface area (Å²) < 4.78 is 27.6. The Labute approximate surface area is 170 Å². The Morgan fingerprint density at radius 3 is 2.59 bits per heavy atom. The van der Waals surface area contributed by atoms with Gasteiger partial charge in [-0.05, 0) is 54.1 Å². The van der Waals surface area contributed by atoms with Crippen LogP contribution in [0.15, 0.2) is 60.7 Å². The molecule has 0 aliphatic carbocycles. The summed E-state index contributed by atoms with van der Waals surface area (Å²) in [4.78, 5) is 7.44. The van der Waals surface area contributed by atoms with E-state index < -0.39 is 5.82 Å². The molecule has 4 aromatic rings. The number of hydrogen-bond donors (Lipinski definition) is 3. The van der Waals surface area contributed by atoms with Gasteiger partial charge in [0.1, 0.15) is 17.5 Å². The fraction of sp³-hybridized carbons (Fsp3) is 0. The molecule has 3 aromatic carbocycles. The predicted octanol–water partition coefficient (Wildman–Crippen LogP) is 5.82. The lowest BCUT2D eigenvalue weighted by Crippen LogP contribution is -2.03. The van der Waals surface area contributed by atoms with Crippen molar-refractivity contribution < 1.29 is 8.78 Å². The molecule has 7 heteroatoms. The third-order valence-electron chi connectivity index (χ3n) is 4.44. The van der Waals surface area contributed by atoms with E-state index in [0.717, 1.165) is 5.56 Å². The summed E-state index contributed by atoms with van der Waals surface area (Å²) in [6.07, 6.45) is 3.19. The van der Waals surface area contributed by atoms with E-state index in [1.54, 1.807) is 36.4 Å². The van der Waals surface area contributed by atoms with Crippen LogP contribution in [0.1, 0.15) is 11.1 Å². The molecule has 0 amide bonds. The summed E-state index contributed by atoms with van der Waals surface area (Å²) >= 11 is 5.99. The number of anilines is 1. The van der Waals surface area contributed by atoms with Crippen molar-refractivity contribution in [2.24, 2.45) is 0 Å². The van der Waals surface area contributed by atoms with E-state index in [0.29, 0.717) is 27.4 Å². The summed E-state index contributed by atoms with van der Waals surface area (Å²) in [5.41, 5.74) is 8.78. The maximum Gasteiger partial charge on any atom is 0.141 e. The van der Waals surface area contributed by atoms with Crippen LogP contribution in [0.2, 0.25) is 5.02 Å². The number of aromatic nitrogens is 2. The van der Waals surface area contributed by atoms with Crippen LogP contribution >= 0.6 is 11.6 Å². The molecule has 0 unspecified atom stereocenters. The normalized spacial score (nSPS) is 11.4. The minimum Gasteiger partial charge on any atom is -0.398 e. The lowest BCUT2D eigenvalue weighted by molar-refractivity contribution is 0.627. The van der Waals surface area contributed by atoms with Crippen molar-refractivity contribution >= 4 is 40.1 Å². The second-order valence-electron chi connectivity index (χ2n) is 6.46. The van der Waals surface area contributed by atoms with Crippen molar-refractivity contribution in [2.75, 3.05) is 5.73 Å². The van der Waals surface area contributed by atoms with Crippen molar-refractivity contribution in [3.63, 3.8) is 0 Å². The average Bonchev–Trinajstić information content (AvgIpc) is 3.10. The number of nitrogens with one attached hydrogen (secondary N) is 2. The fourth-order valence-electron chi connectivity index (χ4n) is 2.96. The van der Waals surface area contributed by atoms with Gasteiger partial charge in [0.15, 0.2) is 0 Å². The predicted molar refractivity (Wildman–Crippen MR) is 113 cm³/mol. The van der Waals surface area contributed by atoms with Crippen LogP contribution in [0, 0.1) is 17.0 Å². The Balaban J connectivity index is 1.70. The van der Waals surface area contributed by atoms with Crippen LogP contribution in [-0.4, -0.2) is 15.7 Å². The molecule has 29 heavy (non-hydrogen) atoms. The van der Waals surface area contributed by atoms with Gasteiger partial charge in [-0.2, -0.15) is 0 Å². The van der Waals surface area contributed by atoms with E-state index in [4.69, 9.17) is 22.7 Å². The third kappa shape index (κ3) is 3.88. The first kappa shape index (κ1) is 18.8. The highest BCUT2D eigenvalue weighted by Gasteiger charge is 2.15. The smallest absolute Gasteiger partial charge is 0.141 e. The summed E-state index contributed by atoms with van der Waals surface area (Å²) in [7, 11) is 0. The monoisotopic (exact) mass is 408 g/mol. The van der Waals surface area contributed by atoms with Gasteiger partial charge in [-0.1, -0.05) is 29.8 Å². The molecular formula is C22H15ClF2N4. The third-order valence-corrected chi connectivity index (χ3v) is 4.68. The number of imidazole rings is 1. The number of allylic oxidation sites excluding steroid dienone is 1. The van der Waals surface area contributed by atoms with Crippen LogP contribution < -0.4 is 5.73 Å². The molecule has 0 aliphatic heterocycles. The van der Waals surface area contributed by atoms with Crippen LogP contribution in [0.4, 0.5) is 14.5 Å². The van der Waals surface area contributed by atoms with Crippen molar-refractivity contribution in [3.8, 4) is 11.4 Å². The minimum atomic E-state index is -0.549. The van der Waals surface area contributed by atoms with E-state index in [1.807, 2.05) is 0 Å². The van der Waals surface area contributed by atoms with E-state index in [2.05, 4.69) is 9.97 Å². The van der Waals surface area contributed by atoms with E-state index in [9.17, 15) is 8.78 Å². The molecule has 0 saturated carbocycles. The molecule has 0 bridgehead atoms. The highest BCUT2D eigenvalue weighted by molar-refractivity contribution is 6.31. The van der Waals surface area contributed by atoms with Gasteiger partial charge in [-0.15, -0.1) is 0 Å². The van der Waals surface area contributed by atoms with Crippen molar-refractivity contribution in [2.45, 2.75) is 0 Å². The molecule has 0 saturated heterocycles. The van der Waals surface area contributed by atoms with Gasteiger partial charge in [-0.25, -0.2) is 13.8 Å². The maximum atomic E-state index is 14.6. The SMILES string of the molecule is N=C(/C=C/c1ccc(F)cc1)c1cc(-c2nc3ccc(Cl)cc3[nH]2)c(F)cc1N. The molecule has 4 rings (SSSR count). The van der Waals surface area contributed by atoms with Crippen molar-refractivity contribution in [1.82, 2.24) is 9.97 Å². The molecule has 1 aromatic heterocycles. The molecule has 0 aliphatic rings. The molecule has 0 fully saturated rings. The minimum absolute atomic E-state index is 0.0900. The lowest BCUT2D eigenvalue weighted by Gasteiger charge is -2.08. The van der Waals surface area contributed by atoms with Crippen LogP contribution in [-0.2, 0) is 0 Å². The molecule has 4 nitrogen and oxygen atoms in total. The highest BCUT2D eigenvalue weighted by atomic mass is 35.5. The average molecular weight is 409 g/mol. The second kappa shape index (κ2) is 7.48. The standard InChI is InChI=1S/C22H15ClF2N4/c23-13-4-8-20-21(9-13)29-22(28-20)15-10-16(19(27)11-17(15)25)18(26)7-3-12-1-5-14(24)6-2-12/h1-11,26H,27H2,(H,28,29)/b7-3+,26-18?. The number of benzene rings is 3. The number of nitrogens with zero attached hydrogens (tertiary/aromatic N) is 1. The first-order chi connectivity index (χ1) is 13.9. The fourth-order valence-corrected chi connectivity index (χ4v) is 3.13. The topological polar surface area (TPSA) is 78.5 Å². The van der Waals surface area contributed by atoms with Gasteiger partial charge in [0, 0.05) is 16.3 Å². The number of rotatable bonds is 4. The highest BCUT2D eigenvalue weighted by Crippen LogP contribution is 2.28. The van der Waals surface area contributed by atoms with Crippen molar-refractivity contribution in [1.29, 1.82) is 5.41 Å². The largest absolute Gasteiger partial charge is 0.398 e. The number of fused-ring (bicyclic) bond motifs is 1. The van der Waals surface area contributed by atoms with Gasteiger partial charge in [0.25, 0.3) is 0 Å². The molecule has 1 heterocycles. The van der Waals surface area contributed by atoms with E-state index in [-0.39, 0.29) is 22.8 Å². The number of H-pyrrole nitrogens is 1. The molecule has 4 N–H and O–H groups in total. The van der Waals surface area contributed by atoms with Gasteiger partial charge in [-0.3, -0.25) is 0 Å². The summed E-state index contributed by atoms with van der Waals surface area (Å²) in [6.45, 7) is 0. The van der Waals surface area contributed by atoms with Gasteiger partial charge in [0.05, 0.1) is 22.3 Å². The Kier molecular flexibility index (Phi) is 4.86. The second-order valence-corrected chi connectivity index (χ2v) is 6.90. The van der Waals surface area contributed by atoms with Crippen LogP contribution in [0.25, 0.3) is 28.5 Å². The number of nitrogens with two attached hydrogens (primary N) is 1. The maximum absolute atomic E-state index is 14.6. The van der Waals surface area contributed by atoms with Crippen LogP contribution in [0.5, 0.6) is 0 Å². The number of nitrogen functional groups attached to an aromatic ring is 1. The Morgan fingerprint density at radius 1 is 1.07 bits per heavy atom. The number of hydrogen-bond acceptors (Lipinski definition) is 3. The number of aromatic amines is 1. The summed E-state index contributed by atoms with van der Waals surface area (Å²) in [5.74, 6) is -0.570. The van der Waals surface area contributed by atoms with Gasteiger partial charge in [0.2, 0.25) is 0 Å². The summed E-state index contributed by atoms with van der Waals surface area (Å²) in [5, 5.41) is 8.86. The summed E-state index contributed by atoms with van der Waals surface area (Å²) in [6, 6.07) is 13.7. The lowest BCUT2D eigenvalue weighted by atomic mass is 10.0. The molecule has 0 atom stereocenters. The zero-order valence-corrected chi connectivity index (χ0v) is 15.8. The van der Waals surface area contributed by atoms with Crippen molar-refractivity contribution in [3.05, 3.63) is 88.5 Å². The quantitative estimate of drug-likeness (QED) is 0.293. The first-order valence-electron chi connectivity index (χ1n) is 8.68. The zero-order valence-electron chi connectivity index (χ0n) is 15.0.